The second kappa shape index (κ2) is 8.12. The van der Waals surface area contributed by atoms with Gasteiger partial charge in [0.1, 0.15) is 0 Å². The Kier molecular flexibility index (Phi) is 6.15. The molecule has 5 heteroatoms. The number of amides is 1. The molecule has 1 amide bonds. The number of benzene rings is 2. The third kappa shape index (κ3) is 4.37. The van der Waals surface area contributed by atoms with Crippen molar-refractivity contribution in [1.82, 2.24) is 5.32 Å². The number of methoxy groups -OCH3 is 1. The van der Waals surface area contributed by atoms with E-state index in [0.717, 1.165) is 5.56 Å². The van der Waals surface area contributed by atoms with Crippen LogP contribution in [0.4, 0.5) is 4.39 Å². The third-order valence-electron chi connectivity index (χ3n) is 4.45. The summed E-state index contributed by atoms with van der Waals surface area (Å²) in [5.41, 5.74) is 0.502. The smallest absolute Gasteiger partial charge is 0.254 e. The molecule has 0 aliphatic carbocycles. The molecule has 25 heavy (non-hydrogen) atoms. The zero-order valence-electron chi connectivity index (χ0n) is 14.8. The van der Waals surface area contributed by atoms with Crippen LogP contribution in [0.25, 0.3) is 0 Å². The number of ether oxygens (including phenoxy) is 1. The Morgan fingerprint density at radius 3 is 2.48 bits per heavy atom. The molecule has 2 aromatic carbocycles. The highest BCUT2D eigenvalue weighted by Gasteiger charge is 2.31. The van der Waals surface area contributed by atoms with Crippen LogP contribution in [0.15, 0.2) is 48.5 Å². The quantitative estimate of drug-likeness (QED) is 0.809. The van der Waals surface area contributed by atoms with Crippen molar-refractivity contribution in [3.63, 3.8) is 0 Å². The Balaban J connectivity index is 2.20. The highest BCUT2D eigenvalue weighted by Crippen LogP contribution is 2.34. The average molecular weight is 345 g/mol. The van der Waals surface area contributed by atoms with Crippen LogP contribution in [0.2, 0.25) is 0 Å². The Morgan fingerprint density at radius 1 is 1.20 bits per heavy atom. The van der Waals surface area contributed by atoms with Gasteiger partial charge in [0.15, 0.2) is 11.6 Å². The molecule has 0 saturated heterocycles. The molecule has 4 nitrogen and oxygen atoms in total. The molecule has 2 aromatic rings. The summed E-state index contributed by atoms with van der Waals surface area (Å²) in [4.78, 5) is 12.4. The van der Waals surface area contributed by atoms with Crippen LogP contribution >= 0.6 is 0 Å². The minimum absolute atomic E-state index is 0.0305. The maximum atomic E-state index is 14.2. The summed E-state index contributed by atoms with van der Waals surface area (Å²) >= 11 is 0. The maximum Gasteiger partial charge on any atom is 0.254 e. The Bertz CT molecular complexity index is 716. The van der Waals surface area contributed by atoms with E-state index in [1.165, 1.54) is 19.2 Å². The molecule has 0 spiro atoms. The standard InChI is InChI=1S/C20H24FNO3/c1-20(2,13-23)16(14-8-5-4-6-9-14)12-22-19(24)15-10-7-11-17(25-3)18(15)21/h4-11,16,23H,12-13H2,1-3H3,(H,22,24). The second-order valence-corrected chi connectivity index (χ2v) is 6.64. The molecule has 2 N–H and O–H groups in total. The van der Waals surface area contributed by atoms with Crippen molar-refractivity contribution in [2.24, 2.45) is 5.41 Å². The number of carbonyl (C=O) groups excluding carboxylic acids is 1. The van der Waals surface area contributed by atoms with E-state index in [-0.39, 0.29) is 30.4 Å². The van der Waals surface area contributed by atoms with E-state index < -0.39 is 17.1 Å². The van der Waals surface area contributed by atoms with Gasteiger partial charge >= 0.3 is 0 Å². The van der Waals surface area contributed by atoms with Crippen molar-refractivity contribution in [3.05, 3.63) is 65.5 Å². The van der Waals surface area contributed by atoms with Crippen molar-refractivity contribution in [2.75, 3.05) is 20.3 Å². The normalized spacial score (nSPS) is 12.5. The van der Waals surface area contributed by atoms with Gasteiger partial charge in [-0.25, -0.2) is 4.39 Å². The van der Waals surface area contributed by atoms with E-state index in [0.29, 0.717) is 0 Å². The number of rotatable bonds is 7. The fourth-order valence-corrected chi connectivity index (χ4v) is 2.77. The fraction of sp³-hybridized carbons (Fsp3) is 0.350. The Morgan fingerprint density at radius 2 is 1.88 bits per heavy atom. The topological polar surface area (TPSA) is 58.6 Å². The molecule has 0 aromatic heterocycles. The van der Waals surface area contributed by atoms with Gasteiger partial charge in [-0.15, -0.1) is 0 Å². The number of aliphatic hydroxyl groups is 1. The molecular formula is C20H24FNO3. The zero-order chi connectivity index (χ0) is 18.4. The number of nitrogens with one attached hydrogen (secondary N) is 1. The summed E-state index contributed by atoms with van der Waals surface area (Å²) in [5.74, 6) is -1.27. The minimum atomic E-state index is -0.680. The van der Waals surface area contributed by atoms with Gasteiger partial charge < -0.3 is 15.2 Å². The molecule has 1 atom stereocenters. The first-order valence-corrected chi connectivity index (χ1v) is 8.17. The highest BCUT2D eigenvalue weighted by molar-refractivity contribution is 5.94. The first-order valence-electron chi connectivity index (χ1n) is 8.17. The predicted molar refractivity (Wildman–Crippen MR) is 95.3 cm³/mol. The van der Waals surface area contributed by atoms with E-state index in [1.54, 1.807) is 6.07 Å². The second-order valence-electron chi connectivity index (χ2n) is 6.64. The van der Waals surface area contributed by atoms with E-state index >= 15 is 0 Å². The molecule has 0 heterocycles. The van der Waals surface area contributed by atoms with Crippen molar-refractivity contribution < 1.29 is 19.0 Å². The summed E-state index contributed by atoms with van der Waals surface area (Å²) in [7, 11) is 1.36. The molecule has 0 saturated carbocycles. The highest BCUT2D eigenvalue weighted by atomic mass is 19.1. The van der Waals surface area contributed by atoms with Crippen LogP contribution in [0.3, 0.4) is 0 Å². The summed E-state index contributed by atoms with van der Waals surface area (Å²) < 4.78 is 19.2. The van der Waals surface area contributed by atoms with Gasteiger partial charge in [-0.3, -0.25) is 4.79 Å². The van der Waals surface area contributed by atoms with Gasteiger partial charge in [-0.1, -0.05) is 50.2 Å². The fourth-order valence-electron chi connectivity index (χ4n) is 2.77. The number of hydrogen-bond donors (Lipinski definition) is 2. The molecule has 134 valence electrons. The molecule has 0 aliphatic rings. The van der Waals surface area contributed by atoms with E-state index in [9.17, 15) is 14.3 Å². The SMILES string of the molecule is COc1cccc(C(=O)NCC(c2ccccc2)C(C)(C)CO)c1F. The van der Waals surface area contributed by atoms with Crippen LogP contribution in [0.5, 0.6) is 5.75 Å². The zero-order valence-corrected chi connectivity index (χ0v) is 14.8. The summed E-state index contributed by atoms with van der Waals surface area (Å²) in [6.07, 6.45) is 0. The summed E-state index contributed by atoms with van der Waals surface area (Å²) in [6.45, 7) is 4.12. The third-order valence-corrected chi connectivity index (χ3v) is 4.45. The van der Waals surface area contributed by atoms with E-state index in [2.05, 4.69) is 5.32 Å². The molecular weight excluding hydrogens is 321 g/mol. The number of carbonyl (C=O) groups is 1. The van der Waals surface area contributed by atoms with Gasteiger partial charge in [0.05, 0.1) is 12.7 Å². The van der Waals surface area contributed by atoms with Crippen molar-refractivity contribution >= 4 is 5.91 Å². The number of hydrogen-bond acceptors (Lipinski definition) is 3. The van der Waals surface area contributed by atoms with Crippen LogP contribution in [-0.4, -0.2) is 31.3 Å². The van der Waals surface area contributed by atoms with Gasteiger partial charge in [0, 0.05) is 19.1 Å². The van der Waals surface area contributed by atoms with Gasteiger partial charge in [-0.05, 0) is 23.1 Å². The van der Waals surface area contributed by atoms with Crippen molar-refractivity contribution in [1.29, 1.82) is 0 Å². The molecule has 1 unspecified atom stereocenters. The van der Waals surface area contributed by atoms with Crippen LogP contribution in [0.1, 0.15) is 35.7 Å². The molecule has 0 aliphatic heterocycles. The average Bonchev–Trinajstić information content (AvgIpc) is 2.62. The Hall–Kier alpha value is -2.40. The largest absolute Gasteiger partial charge is 0.494 e. The van der Waals surface area contributed by atoms with Gasteiger partial charge in [0.2, 0.25) is 0 Å². The predicted octanol–water partition coefficient (Wildman–Crippen LogP) is 3.37. The lowest BCUT2D eigenvalue weighted by Gasteiger charge is -2.33. The molecule has 0 radical (unpaired) electrons. The summed E-state index contributed by atoms with van der Waals surface area (Å²) in [5, 5.41) is 12.5. The lowest BCUT2D eigenvalue weighted by molar-refractivity contribution is 0.0915. The molecule has 0 bridgehead atoms. The van der Waals surface area contributed by atoms with Crippen molar-refractivity contribution in [3.8, 4) is 5.75 Å². The van der Waals surface area contributed by atoms with Crippen LogP contribution in [0, 0.1) is 11.2 Å². The number of aliphatic hydroxyl groups excluding tert-OH is 1. The summed E-state index contributed by atoms with van der Waals surface area (Å²) in [6, 6.07) is 14.1. The number of halogens is 1. The van der Waals surface area contributed by atoms with Gasteiger partial charge in [0.25, 0.3) is 5.91 Å². The Labute approximate surface area is 147 Å². The lowest BCUT2D eigenvalue weighted by Crippen LogP contribution is -2.37. The van der Waals surface area contributed by atoms with E-state index in [1.807, 2.05) is 44.2 Å². The lowest BCUT2D eigenvalue weighted by atomic mass is 9.75. The van der Waals surface area contributed by atoms with Crippen LogP contribution < -0.4 is 10.1 Å². The minimum Gasteiger partial charge on any atom is -0.494 e. The molecule has 0 fully saturated rings. The van der Waals surface area contributed by atoms with E-state index in [4.69, 9.17) is 4.74 Å². The van der Waals surface area contributed by atoms with Gasteiger partial charge in [-0.2, -0.15) is 0 Å². The maximum absolute atomic E-state index is 14.2. The molecule has 2 rings (SSSR count). The first-order chi connectivity index (χ1) is 11.9. The van der Waals surface area contributed by atoms with Crippen molar-refractivity contribution in [2.45, 2.75) is 19.8 Å². The monoisotopic (exact) mass is 345 g/mol. The first kappa shape index (κ1) is 18.9. The van der Waals surface area contributed by atoms with Crippen LogP contribution in [-0.2, 0) is 0 Å².